The fourth-order valence-electron chi connectivity index (χ4n) is 1.19. The molecule has 0 aliphatic heterocycles. The third-order valence-electron chi connectivity index (χ3n) is 2.04. The second-order valence-corrected chi connectivity index (χ2v) is 4.81. The highest BCUT2D eigenvalue weighted by Crippen LogP contribution is 2.13. The number of aryl methyl sites for hydroxylation is 1. The van der Waals surface area contributed by atoms with Crippen LogP contribution in [0.5, 0.6) is 0 Å². The Morgan fingerprint density at radius 1 is 1.12 bits per heavy atom. The van der Waals surface area contributed by atoms with Gasteiger partial charge in [-0.05, 0) is 30.7 Å². The molecule has 2 N–H and O–H groups in total. The average Bonchev–Trinajstić information content (AvgIpc) is 2.27. The molecule has 0 saturated heterocycles. The largest absolute Gasteiger partial charge is 0.328 e. The summed E-state index contributed by atoms with van der Waals surface area (Å²) < 4.78 is 3.00. The van der Waals surface area contributed by atoms with Crippen molar-refractivity contribution in [1.29, 1.82) is 0 Å². The lowest BCUT2D eigenvalue weighted by atomic mass is 10.2. The van der Waals surface area contributed by atoms with Gasteiger partial charge in [0.15, 0.2) is 0 Å². The highest BCUT2D eigenvalue weighted by molar-refractivity contribution is 14.1. The molecule has 5 heteroatoms. The van der Waals surface area contributed by atoms with Crippen LogP contribution in [0.1, 0.15) is 5.56 Å². The molecular weight excluding hydrogens is 442 g/mol. The maximum atomic E-state index is 11.0. The molecule has 0 aromatic heterocycles. The van der Waals surface area contributed by atoms with E-state index in [1.807, 2.05) is 49.4 Å². The number of amides is 1. The molecule has 0 unspecified atom stereocenters. The fraction of sp³-hybridized carbons (Fsp3) is 0.0833. The second kappa shape index (κ2) is 7.70. The Bertz CT molecular complexity index is 462. The van der Waals surface area contributed by atoms with E-state index in [4.69, 9.17) is 0 Å². The topological polar surface area (TPSA) is 41.1 Å². The Kier molecular flexibility index (Phi) is 6.56. The van der Waals surface area contributed by atoms with E-state index >= 15 is 0 Å². The molecule has 1 amide bonds. The SMILES string of the molecule is Cc1cccc(NC(=O)I)ccccc1NI. The van der Waals surface area contributed by atoms with Gasteiger partial charge in [-0.2, -0.15) is 0 Å². The first-order valence-corrected chi connectivity index (χ1v) is 7.06. The molecule has 90 valence electrons. The van der Waals surface area contributed by atoms with Crippen LogP contribution in [0.3, 0.4) is 0 Å². The standard InChI is InChI=1S/C12H12I2N2O/c1-9-5-4-7-10(15-12(13)17)6-2-3-8-11(9)16-14/h2-8,16H,1H3,(H,15,17). The molecule has 0 fully saturated rings. The molecule has 0 aliphatic carbocycles. The van der Waals surface area contributed by atoms with Crippen molar-refractivity contribution in [2.45, 2.75) is 6.92 Å². The summed E-state index contributed by atoms with van der Waals surface area (Å²) in [6.45, 7) is 2.03. The van der Waals surface area contributed by atoms with Gasteiger partial charge >= 0.3 is 0 Å². The molecule has 0 heterocycles. The van der Waals surface area contributed by atoms with Gasteiger partial charge in [-0.3, -0.25) is 4.79 Å². The molecule has 17 heavy (non-hydrogen) atoms. The van der Waals surface area contributed by atoms with Gasteiger partial charge in [0.25, 0.3) is 3.91 Å². The molecule has 1 aromatic carbocycles. The van der Waals surface area contributed by atoms with Gasteiger partial charge in [-0.1, -0.05) is 24.3 Å². The average molecular weight is 454 g/mol. The number of rotatable bonds is 2. The van der Waals surface area contributed by atoms with Crippen molar-refractivity contribution in [1.82, 2.24) is 0 Å². The normalized spacial score (nSPS) is 9.12. The molecule has 0 saturated carbocycles. The highest BCUT2D eigenvalue weighted by atomic mass is 127. The summed E-state index contributed by atoms with van der Waals surface area (Å²) in [5.74, 6) is 0. The first kappa shape index (κ1) is 14.5. The van der Waals surface area contributed by atoms with Crippen molar-refractivity contribution in [3.8, 4) is 0 Å². The highest BCUT2D eigenvalue weighted by Gasteiger charge is 1.93. The molecule has 3 nitrogen and oxygen atoms in total. The van der Waals surface area contributed by atoms with Crippen molar-refractivity contribution < 1.29 is 4.79 Å². The Labute approximate surface area is 128 Å². The van der Waals surface area contributed by atoms with Crippen LogP contribution in [0.25, 0.3) is 0 Å². The Morgan fingerprint density at radius 3 is 2.41 bits per heavy atom. The first-order valence-electron chi connectivity index (χ1n) is 4.90. The van der Waals surface area contributed by atoms with Crippen molar-refractivity contribution in [2.24, 2.45) is 0 Å². The summed E-state index contributed by atoms with van der Waals surface area (Å²) in [5, 5.41) is 2.74. The molecule has 1 rings (SSSR count). The number of carbonyl (C=O) groups is 1. The number of carbonyl (C=O) groups excluding carboxylic acids is 1. The fourth-order valence-corrected chi connectivity index (χ4v) is 2.10. The minimum atomic E-state index is -0.102. The minimum Gasteiger partial charge on any atom is -0.328 e. The summed E-state index contributed by atoms with van der Waals surface area (Å²) in [7, 11) is 0. The van der Waals surface area contributed by atoms with Gasteiger partial charge in [0.2, 0.25) is 0 Å². The number of anilines is 2. The van der Waals surface area contributed by atoms with E-state index in [-0.39, 0.29) is 3.91 Å². The quantitative estimate of drug-likeness (QED) is 0.291. The van der Waals surface area contributed by atoms with E-state index in [0.29, 0.717) is 0 Å². The number of hydrogen-bond acceptors (Lipinski definition) is 2. The molecule has 1 aromatic rings. The van der Waals surface area contributed by atoms with E-state index in [0.717, 1.165) is 16.9 Å². The Hall–Kier alpha value is -0.570. The summed E-state index contributed by atoms with van der Waals surface area (Å²) in [4.78, 5) is 11.0. The van der Waals surface area contributed by atoms with Gasteiger partial charge < -0.3 is 8.85 Å². The first-order chi connectivity index (χ1) is 8.13. The monoisotopic (exact) mass is 454 g/mol. The van der Waals surface area contributed by atoms with Gasteiger partial charge in [0, 0.05) is 34.0 Å². The van der Waals surface area contributed by atoms with Crippen molar-refractivity contribution in [2.75, 3.05) is 8.85 Å². The molecular formula is C12H12I2N2O. The number of halogens is 2. The Morgan fingerprint density at radius 2 is 1.76 bits per heavy atom. The molecule has 0 spiro atoms. The van der Waals surface area contributed by atoms with Gasteiger partial charge in [-0.25, -0.2) is 0 Å². The maximum absolute atomic E-state index is 11.0. The van der Waals surface area contributed by atoms with E-state index in [1.165, 1.54) is 0 Å². The molecule has 0 aliphatic rings. The van der Waals surface area contributed by atoms with Crippen molar-refractivity contribution >= 4 is 60.7 Å². The number of hydrogen-bond donors (Lipinski definition) is 2. The third kappa shape index (κ3) is 5.53. The third-order valence-corrected chi connectivity index (χ3v) is 2.89. The lowest BCUT2D eigenvalue weighted by Gasteiger charge is -1.99. The van der Waals surface area contributed by atoms with Crippen LogP contribution in [0.15, 0.2) is 42.5 Å². The lowest BCUT2D eigenvalue weighted by molar-refractivity contribution is 0.272. The second-order valence-electron chi connectivity index (χ2n) is 3.29. The summed E-state index contributed by atoms with van der Waals surface area (Å²) in [6, 6.07) is 13.4. The van der Waals surface area contributed by atoms with Gasteiger partial charge in [-0.15, -0.1) is 0 Å². The number of nitrogens with one attached hydrogen (secondary N) is 2. The molecule has 0 radical (unpaired) electrons. The van der Waals surface area contributed by atoms with Crippen molar-refractivity contribution in [3.63, 3.8) is 0 Å². The maximum Gasteiger partial charge on any atom is 0.284 e. The van der Waals surface area contributed by atoms with Crippen LogP contribution in [0, 0.1) is 6.92 Å². The summed E-state index contributed by atoms with van der Waals surface area (Å²) >= 11 is 3.81. The lowest BCUT2D eigenvalue weighted by Crippen LogP contribution is -1.98. The van der Waals surface area contributed by atoms with Gasteiger partial charge in [0.05, 0.1) is 22.9 Å². The summed E-state index contributed by atoms with van der Waals surface area (Å²) in [6.07, 6.45) is 0. The Balaban J connectivity index is 3.19. The van der Waals surface area contributed by atoms with Gasteiger partial charge in [0.1, 0.15) is 0 Å². The zero-order valence-electron chi connectivity index (χ0n) is 9.21. The van der Waals surface area contributed by atoms with Crippen LogP contribution in [0.4, 0.5) is 16.2 Å². The zero-order chi connectivity index (χ0) is 12.7. The van der Waals surface area contributed by atoms with E-state index in [9.17, 15) is 4.79 Å². The zero-order valence-corrected chi connectivity index (χ0v) is 13.5. The van der Waals surface area contributed by atoms with E-state index in [2.05, 4.69) is 31.7 Å². The summed E-state index contributed by atoms with van der Waals surface area (Å²) in [5.41, 5.74) is 2.95. The molecule has 0 atom stereocenters. The van der Waals surface area contributed by atoms with Crippen LogP contribution in [0.2, 0.25) is 0 Å². The predicted octanol–water partition coefficient (Wildman–Crippen LogP) is 4.85. The molecule has 0 bridgehead atoms. The van der Waals surface area contributed by atoms with Crippen LogP contribution in [-0.2, 0) is 0 Å². The van der Waals surface area contributed by atoms with Crippen LogP contribution < -0.4 is 8.85 Å². The van der Waals surface area contributed by atoms with E-state index in [1.54, 1.807) is 22.6 Å². The van der Waals surface area contributed by atoms with Crippen LogP contribution >= 0.6 is 45.5 Å². The van der Waals surface area contributed by atoms with Crippen molar-refractivity contribution in [3.05, 3.63) is 48.0 Å². The minimum absolute atomic E-state index is 0.102. The van der Waals surface area contributed by atoms with Crippen LogP contribution in [-0.4, -0.2) is 3.91 Å². The van der Waals surface area contributed by atoms with E-state index < -0.39 is 0 Å². The smallest absolute Gasteiger partial charge is 0.284 e. The predicted molar refractivity (Wildman–Crippen MR) is 89.5 cm³/mol.